The molecule has 1 fully saturated rings. The van der Waals surface area contributed by atoms with Crippen molar-refractivity contribution in [3.05, 3.63) is 35.9 Å². The summed E-state index contributed by atoms with van der Waals surface area (Å²) in [7, 11) is 0. The molecule has 110 valence electrons. The number of carbonyl (C=O) groups excluding carboxylic acids is 1. The van der Waals surface area contributed by atoms with Crippen LogP contribution in [0.3, 0.4) is 0 Å². The number of nitrogens with zero attached hydrogens (tertiary/aromatic N) is 2. The summed E-state index contributed by atoms with van der Waals surface area (Å²) in [4.78, 5) is 18.6. The third kappa shape index (κ3) is 2.69. The fourth-order valence-corrected chi connectivity index (χ4v) is 3.03. The van der Waals surface area contributed by atoms with Crippen molar-refractivity contribution in [3.63, 3.8) is 0 Å². The van der Waals surface area contributed by atoms with Gasteiger partial charge in [0.2, 0.25) is 0 Å². The van der Waals surface area contributed by atoms with Crippen LogP contribution in [0, 0.1) is 0 Å². The summed E-state index contributed by atoms with van der Waals surface area (Å²) in [5, 5.41) is 4.42. The maximum absolute atomic E-state index is 11.8. The minimum Gasteiger partial charge on any atom is -0.365 e. The number of rotatable bonds is 2. The van der Waals surface area contributed by atoms with Crippen molar-refractivity contribution >= 4 is 22.6 Å². The Labute approximate surface area is 124 Å². The van der Waals surface area contributed by atoms with Crippen molar-refractivity contribution in [2.75, 3.05) is 18.0 Å². The largest absolute Gasteiger partial charge is 0.365 e. The molecule has 1 aliphatic rings. The van der Waals surface area contributed by atoms with Gasteiger partial charge >= 0.3 is 0 Å². The predicted octanol–water partition coefficient (Wildman–Crippen LogP) is 1.52. The molecule has 21 heavy (non-hydrogen) atoms. The summed E-state index contributed by atoms with van der Waals surface area (Å²) >= 11 is 0. The number of nitrogens with two attached hydrogens (primary N) is 1. The second kappa shape index (κ2) is 5.33. The number of carbonyl (C=O) groups is 1. The molecule has 2 heterocycles. The summed E-state index contributed by atoms with van der Waals surface area (Å²) in [5.41, 5.74) is 6.94. The van der Waals surface area contributed by atoms with Crippen molar-refractivity contribution in [3.8, 4) is 0 Å². The highest BCUT2D eigenvalue weighted by Crippen LogP contribution is 2.25. The molecule has 3 rings (SSSR count). The topological polar surface area (TPSA) is 71.2 Å². The number of hydrogen-bond donors (Lipinski definition) is 2. The molecule has 0 bridgehead atoms. The zero-order chi connectivity index (χ0) is 15.0. The minimum atomic E-state index is -0.429. The van der Waals surface area contributed by atoms with Crippen LogP contribution >= 0.6 is 0 Å². The van der Waals surface area contributed by atoms with Crippen LogP contribution in [-0.4, -0.2) is 36.1 Å². The number of primary amides is 1. The van der Waals surface area contributed by atoms with Gasteiger partial charge in [0.25, 0.3) is 5.91 Å². The number of benzene rings is 1. The van der Waals surface area contributed by atoms with E-state index < -0.39 is 5.91 Å². The van der Waals surface area contributed by atoms with Gasteiger partial charge in [0.05, 0.1) is 11.1 Å². The van der Waals surface area contributed by atoms with E-state index in [9.17, 15) is 4.79 Å². The molecule has 0 saturated carbocycles. The van der Waals surface area contributed by atoms with Gasteiger partial charge in [0.1, 0.15) is 5.82 Å². The van der Waals surface area contributed by atoms with E-state index in [-0.39, 0.29) is 0 Å². The molecule has 5 heteroatoms. The smallest absolute Gasteiger partial charge is 0.252 e. The highest BCUT2D eigenvalue weighted by molar-refractivity contribution is 6.01. The second-order valence-corrected chi connectivity index (χ2v) is 5.79. The number of pyridine rings is 1. The zero-order valence-electron chi connectivity index (χ0n) is 12.3. The lowest BCUT2D eigenvalue weighted by Crippen LogP contribution is -2.54. The molecule has 1 amide bonds. The van der Waals surface area contributed by atoms with Crippen LogP contribution < -0.4 is 16.0 Å². The van der Waals surface area contributed by atoms with Gasteiger partial charge in [0.15, 0.2) is 0 Å². The first-order chi connectivity index (χ1) is 10.0. The Kier molecular flexibility index (Phi) is 3.51. The molecule has 1 aromatic carbocycles. The first kappa shape index (κ1) is 13.8. The average Bonchev–Trinajstić information content (AvgIpc) is 2.44. The van der Waals surface area contributed by atoms with Crippen LogP contribution in [0.15, 0.2) is 30.3 Å². The number of piperazine rings is 1. The maximum Gasteiger partial charge on any atom is 0.252 e. The predicted molar refractivity (Wildman–Crippen MR) is 84.5 cm³/mol. The molecule has 1 aliphatic heterocycles. The van der Waals surface area contributed by atoms with E-state index in [0.29, 0.717) is 23.5 Å². The Morgan fingerprint density at radius 3 is 2.62 bits per heavy atom. The van der Waals surface area contributed by atoms with Crippen molar-refractivity contribution in [2.24, 2.45) is 5.73 Å². The van der Waals surface area contributed by atoms with E-state index in [1.165, 1.54) is 0 Å². The van der Waals surface area contributed by atoms with Crippen molar-refractivity contribution in [2.45, 2.75) is 25.9 Å². The normalized spacial score (nSPS) is 22.5. The van der Waals surface area contributed by atoms with Crippen LogP contribution in [0.5, 0.6) is 0 Å². The standard InChI is InChI=1S/C16H20N4O/c1-10-8-20(9-11(2)18-10)16-13(15(17)21)7-12-5-3-4-6-14(12)19-16/h3-7,10-11,18H,8-9H2,1-2H3,(H2,17,21). The quantitative estimate of drug-likeness (QED) is 0.877. The van der Waals surface area contributed by atoms with E-state index >= 15 is 0 Å². The molecule has 0 aliphatic carbocycles. The van der Waals surface area contributed by atoms with Gasteiger partial charge in [-0.05, 0) is 26.0 Å². The van der Waals surface area contributed by atoms with Gasteiger partial charge in [0, 0.05) is 30.6 Å². The van der Waals surface area contributed by atoms with E-state index in [2.05, 4.69) is 29.0 Å². The third-order valence-electron chi connectivity index (χ3n) is 3.83. The van der Waals surface area contributed by atoms with E-state index in [4.69, 9.17) is 5.73 Å². The summed E-state index contributed by atoms with van der Waals surface area (Å²) in [6.45, 7) is 5.90. The summed E-state index contributed by atoms with van der Waals surface area (Å²) in [6, 6.07) is 10.3. The van der Waals surface area contributed by atoms with E-state index in [1.807, 2.05) is 30.3 Å². The molecule has 2 aromatic rings. The van der Waals surface area contributed by atoms with Gasteiger partial charge in [-0.1, -0.05) is 18.2 Å². The van der Waals surface area contributed by atoms with Crippen LogP contribution in [0.25, 0.3) is 10.9 Å². The molecule has 1 aromatic heterocycles. The summed E-state index contributed by atoms with van der Waals surface area (Å²) in [6.07, 6.45) is 0. The van der Waals surface area contributed by atoms with E-state index in [1.54, 1.807) is 0 Å². The number of nitrogens with one attached hydrogen (secondary N) is 1. The van der Waals surface area contributed by atoms with Crippen molar-refractivity contribution in [1.29, 1.82) is 0 Å². The number of fused-ring (bicyclic) bond motifs is 1. The molecular weight excluding hydrogens is 264 g/mol. The number of hydrogen-bond acceptors (Lipinski definition) is 4. The van der Waals surface area contributed by atoms with E-state index in [0.717, 1.165) is 24.0 Å². The van der Waals surface area contributed by atoms with Gasteiger partial charge < -0.3 is 16.0 Å². The monoisotopic (exact) mass is 284 g/mol. The summed E-state index contributed by atoms with van der Waals surface area (Å²) < 4.78 is 0. The van der Waals surface area contributed by atoms with Crippen molar-refractivity contribution in [1.82, 2.24) is 10.3 Å². The number of aromatic nitrogens is 1. The SMILES string of the molecule is CC1CN(c2nc3ccccc3cc2C(N)=O)CC(C)N1. The average molecular weight is 284 g/mol. The number of para-hydroxylation sites is 1. The fourth-order valence-electron chi connectivity index (χ4n) is 3.03. The first-order valence-electron chi connectivity index (χ1n) is 7.25. The number of anilines is 1. The lowest BCUT2D eigenvalue weighted by atomic mass is 10.1. The van der Waals surface area contributed by atoms with Crippen LogP contribution in [0.4, 0.5) is 5.82 Å². The Morgan fingerprint density at radius 1 is 1.29 bits per heavy atom. The molecule has 1 saturated heterocycles. The highest BCUT2D eigenvalue weighted by atomic mass is 16.1. The molecule has 0 radical (unpaired) electrons. The second-order valence-electron chi connectivity index (χ2n) is 5.79. The van der Waals surface area contributed by atoms with Crippen molar-refractivity contribution < 1.29 is 4.79 Å². The molecule has 3 N–H and O–H groups in total. The first-order valence-corrected chi connectivity index (χ1v) is 7.25. The molecule has 0 spiro atoms. The Hall–Kier alpha value is -2.14. The van der Waals surface area contributed by atoms with Crippen LogP contribution in [-0.2, 0) is 0 Å². The Morgan fingerprint density at radius 2 is 1.95 bits per heavy atom. The minimum absolute atomic E-state index is 0.350. The molecular formula is C16H20N4O. The van der Waals surface area contributed by atoms with Gasteiger partial charge in [-0.3, -0.25) is 4.79 Å². The fraction of sp³-hybridized carbons (Fsp3) is 0.375. The van der Waals surface area contributed by atoms with Gasteiger partial charge in [-0.2, -0.15) is 0 Å². The molecule has 5 nitrogen and oxygen atoms in total. The van der Waals surface area contributed by atoms with Gasteiger partial charge in [-0.15, -0.1) is 0 Å². The number of amides is 1. The highest BCUT2D eigenvalue weighted by Gasteiger charge is 2.25. The molecule has 2 unspecified atom stereocenters. The maximum atomic E-state index is 11.8. The Balaban J connectivity index is 2.11. The Bertz CT molecular complexity index is 675. The van der Waals surface area contributed by atoms with Crippen LogP contribution in [0.1, 0.15) is 24.2 Å². The van der Waals surface area contributed by atoms with Crippen LogP contribution in [0.2, 0.25) is 0 Å². The lowest BCUT2D eigenvalue weighted by Gasteiger charge is -2.37. The van der Waals surface area contributed by atoms with Gasteiger partial charge in [-0.25, -0.2) is 4.98 Å². The third-order valence-corrected chi connectivity index (χ3v) is 3.83. The zero-order valence-corrected chi connectivity index (χ0v) is 12.3. The molecule has 2 atom stereocenters. The summed E-state index contributed by atoms with van der Waals surface area (Å²) in [5.74, 6) is 0.267. The lowest BCUT2D eigenvalue weighted by molar-refractivity contribution is 0.100.